The first kappa shape index (κ1) is 23.3. The van der Waals surface area contributed by atoms with E-state index in [4.69, 9.17) is 4.74 Å². The number of benzene rings is 2. The summed E-state index contributed by atoms with van der Waals surface area (Å²) in [6, 6.07) is 8.90. The lowest BCUT2D eigenvalue weighted by atomic mass is 9.75. The Kier molecular flexibility index (Phi) is 7.57. The third-order valence-corrected chi connectivity index (χ3v) is 7.46. The van der Waals surface area contributed by atoms with Gasteiger partial charge in [-0.2, -0.15) is 0 Å². The maximum atomic E-state index is 15.0. The molecule has 0 saturated heterocycles. The quantitative estimate of drug-likeness (QED) is 0.513. The number of hydrogen-bond acceptors (Lipinski definition) is 2. The highest BCUT2D eigenvalue weighted by molar-refractivity contribution is 5.33. The van der Waals surface area contributed by atoms with E-state index in [-0.39, 0.29) is 36.3 Å². The Morgan fingerprint density at radius 3 is 1.84 bits per heavy atom. The first-order valence-electron chi connectivity index (χ1n) is 12.0. The van der Waals surface area contributed by atoms with E-state index in [1.165, 1.54) is 0 Å². The Bertz CT molecular complexity index is 913. The lowest BCUT2D eigenvalue weighted by molar-refractivity contribution is 0.122. The summed E-state index contributed by atoms with van der Waals surface area (Å²) in [6.07, 6.45) is 5.55. The Morgan fingerprint density at radius 1 is 0.781 bits per heavy atom. The molecule has 2 aliphatic rings. The maximum Gasteiger partial charge on any atom is 0.162 e. The van der Waals surface area contributed by atoms with Crippen LogP contribution < -0.4 is 0 Å². The van der Waals surface area contributed by atoms with Crippen LogP contribution in [0.5, 0.6) is 0 Å². The fourth-order valence-corrected chi connectivity index (χ4v) is 5.48. The lowest BCUT2D eigenvalue weighted by Crippen LogP contribution is -2.19. The SMILES string of the molecule is CCOCc1ccc(C2CCC(c3ccc(C4CCC(O)CC4)c(F)c3F)CC2)cc1F. The molecule has 1 N–H and O–H groups in total. The van der Waals surface area contributed by atoms with Crippen molar-refractivity contribution in [1.82, 2.24) is 0 Å². The van der Waals surface area contributed by atoms with Gasteiger partial charge in [0.1, 0.15) is 5.82 Å². The lowest BCUT2D eigenvalue weighted by Gasteiger charge is -2.30. The topological polar surface area (TPSA) is 29.5 Å². The molecule has 174 valence electrons. The van der Waals surface area contributed by atoms with Crippen molar-refractivity contribution in [2.45, 2.75) is 88.8 Å². The number of aliphatic hydroxyl groups excluding tert-OH is 1. The highest BCUT2D eigenvalue weighted by Gasteiger charge is 2.30. The van der Waals surface area contributed by atoms with Crippen LogP contribution in [0.15, 0.2) is 30.3 Å². The van der Waals surface area contributed by atoms with Crippen molar-refractivity contribution in [2.24, 2.45) is 0 Å². The van der Waals surface area contributed by atoms with Gasteiger partial charge in [-0.1, -0.05) is 24.3 Å². The van der Waals surface area contributed by atoms with Crippen LogP contribution in [0.4, 0.5) is 13.2 Å². The summed E-state index contributed by atoms with van der Waals surface area (Å²) in [5.74, 6) is -1.44. The maximum absolute atomic E-state index is 15.0. The molecule has 0 aromatic heterocycles. The van der Waals surface area contributed by atoms with Gasteiger partial charge in [0, 0.05) is 12.2 Å². The van der Waals surface area contributed by atoms with Crippen LogP contribution in [0.25, 0.3) is 0 Å². The van der Waals surface area contributed by atoms with E-state index in [0.717, 1.165) is 31.2 Å². The largest absolute Gasteiger partial charge is 0.393 e. The first-order chi connectivity index (χ1) is 15.5. The molecule has 0 atom stereocenters. The van der Waals surface area contributed by atoms with Crippen LogP contribution in [0, 0.1) is 17.5 Å². The van der Waals surface area contributed by atoms with Crippen molar-refractivity contribution in [3.8, 4) is 0 Å². The van der Waals surface area contributed by atoms with Crippen LogP contribution >= 0.6 is 0 Å². The minimum absolute atomic E-state index is 0.00921. The first-order valence-corrected chi connectivity index (χ1v) is 12.0. The molecule has 2 nitrogen and oxygen atoms in total. The Balaban J connectivity index is 1.41. The van der Waals surface area contributed by atoms with Crippen molar-refractivity contribution in [3.05, 3.63) is 70.0 Å². The Labute approximate surface area is 188 Å². The van der Waals surface area contributed by atoms with Crippen molar-refractivity contribution in [3.63, 3.8) is 0 Å². The normalized spacial score (nSPS) is 26.3. The molecule has 5 heteroatoms. The highest BCUT2D eigenvalue weighted by Crippen LogP contribution is 2.43. The van der Waals surface area contributed by atoms with Gasteiger partial charge in [-0.3, -0.25) is 0 Å². The predicted molar refractivity (Wildman–Crippen MR) is 119 cm³/mol. The van der Waals surface area contributed by atoms with E-state index < -0.39 is 11.6 Å². The van der Waals surface area contributed by atoms with Gasteiger partial charge in [-0.25, -0.2) is 13.2 Å². The molecule has 0 spiro atoms. The van der Waals surface area contributed by atoms with E-state index in [9.17, 15) is 13.9 Å². The molecule has 0 radical (unpaired) electrons. The van der Waals surface area contributed by atoms with Gasteiger partial charge in [0.15, 0.2) is 11.6 Å². The molecule has 0 aliphatic heterocycles. The molecule has 0 heterocycles. The number of ether oxygens (including phenoxy) is 1. The van der Waals surface area contributed by atoms with E-state index in [1.807, 2.05) is 13.0 Å². The van der Waals surface area contributed by atoms with Gasteiger partial charge in [0.25, 0.3) is 0 Å². The number of halogens is 3. The van der Waals surface area contributed by atoms with Gasteiger partial charge in [-0.05, 0) is 98.8 Å². The minimum atomic E-state index is -0.710. The monoisotopic (exact) mass is 446 g/mol. The van der Waals surface area contributed by atoms with Gasteiger partial charge in [-0.15, -0.1) is 0 Å². The smallest absolute Gasteiger partial charge is 0.162 e. The Hall–Kier alpha value is -1.85. The molecule has 4 rings (SSSR count). The zero-order valence-corrected chi connectivity index (χ0v) is 18.8. The zero-order valence-electron chi connectivity index (χ0n) is 18.8. The van der Waals surface area contributed by atoms with Gasteiger partial charge >= 0.3 is 0 Å². The summed E-state index contributed by atoms with van der Waals surface area (Å²) in [5, 5.41) is 9.68. The summed E-state index contributed by atoms with van der Waals surface area (Å²) < 4.78 is 49.6. The highest BCUT2D eigenvalue weighted by atomic mass is 19.2. The fraction of sp³-hybridized carbons (Fsp3) is 0.556. The number of hydrogen-bond donors (Lipinski definition) is 1. The van der Waals surface area contributed by atoms with Gasteiger partial charge in [0.2, 0.25) is 0 Å². The molecule has 0 bridgehead atoms. The summed E-state index contributed by atoms with van der Waals surface area (Å²) in [5.41, 5.74) is 2.46. The van der Waals surface area contributed by atoms with E-state index in [1.54, 1.807) is 24.3 Å². The third kappa shape index (κ3) is 5.04. The van der Waals surface area contributed by atoms with Crippen molar-refractivity contribution < 1.29 is 23.0 Å². The molecule has 2 fully saturated rings. The molecule has 2 saturated carbocycles. The zero-order chi connectivity index (χ0) is 22.7. The molecule has 0 unspecified atom stereocenters. The molecule has 2 aromatic carbocycles. The summed E-state index contributed by atoms with van der Waals surface area (Å²) in [7, 11) is 0. The average molecular weight is 447 g/mol. The summed E-state index contributed by atoms with van der Waals surface area (Å²) in [6.45, 7) is 2.71. The number of aliphatic hydroxyl groups is 1. The second-order valence-electron chi connectivity index (χ2n) is 9.41. The van der Waals surface area contributed by atoms with E-state index in [2.05, 4.69) is 0 Å². The van der Waals surface area contributed by atoms with Crippen LogP contribution in [-0.2, 0) is 11.3 Å². The van der Waals surface area contributed by atoms with Gasteiger partial charge < -0.3 is 9.84 Å². The predicted octanol–water partition coefficient (Wildman–Crippen LogP) is 7.10. The van der Waals surface area contributed by atoms with Crippen molar-refractivity contribution in [2.75, 3.05) is 6.61 Å². The number of rotatable bonds is 6. The molecular formula is C27H33F3O2. The van der Waals surface area contributed by atoms with Crippen LogP contribution in [0.3, 0.4) is 0 Å². The minimum Gasteiger partial charge on any atom is -0.393 e. The van der Waals surface area contributed by atoms with Crippen LogP contribution in [0.1, 0.15) is 98.3 Å². The van der Waals surface area contributed by atoms with Crippen molar-refractivity contribution >= 4 is 0 Å². The van der Waals surface area contributed by atoms with E-state index >= 15 is 4.39 Å². The Morgan fingerprint density at radius 2 is 1.31 bits per heavy atom. The molecule has 0 amide bonds. The van der Waals surface area contributed by atoms with Crippen LogP contribution in [0.2, 0.25) is 0 Å². The molecular weight excluding hydrogens is 413 g/mol. The molecule has 32 heavy (non-hydrogen) atoms. The summed E-state index contributed by atoms with van der Waals surface area (Å²) >= 11 is 0. The van der Waals surface area contributed by atoms with Gasteiger partial charge in [0.05, 0.1) is 12.7 Å². The summed E-state index contributed by atoms with van der Waals surface area (Å²) in [4.78, 5) is 0. The second kappa shape index (κ2) is 10.4. The second-order valence-corrected chi connectivity index (χ2v) is 9.41. The molecule has 2 aromatic rings. The fourth-order valence-electron chi connectivity index (χ4n) is 5.48. The van der Waals surface area contributed by atoms with Crippen molar-refractivity contribution in [1.29, 1.82) is 0 Å². The average Bonchev–Trinajstić information content (AvgIpc) is 2.81. The van der Waals surface area contributed by atoms with Crippen LogP contribution in [-0.4, -0.2) is 17.8 Å². The standard InChI is InChI=1S/C27H33F3O2/c1-2-32-16-21-8-7-20(15-25(21)28)17-3-5-18(6-4-17)23-13-14-24(27(30)26(23)29)19-9-11-22(31)12-10-19/h7-8,13-15,17-19,22,31H,2-6,9-12,16H2,1H3. The van der Waals surface area contributed by atoms with E-state index in [0.29, 0.717) is 49.0 Å². The molecule has 2 aliphatic carbocycles. The third-order valence-electron chi connectivity index (χ3n) is 7.46.